The van der Waals surface area contributed by atoms with E-state index < -0.39 is 0 Å². The summed E-state index contributed by atoms with van der Waals surface area (Å²) in [5.41, 5.74) is 8.34. The van der Waals surface area contributed by atoms with Crippen molar-refractivity contribution < 1.29 is 4.79 Å². The zero-order valence-electron chi connectivity index (χ0n) is 11.0. The van der Waals surface area contributed by atoms with Gasteiger partial charge in [0.2, 0.25) is 0 Å². The number of amides is 1. The number of nitrogens with two attached hydrogens (primary N) is 1. The molecule has 2 N–H and O–H groups in total. The Kier molecular flexibility index (Phi) is 3.75. The van der Waals surface area contributed by atoms with Gasteiger partial charge in [0.15, 0.2) is 0 Å². The molecule has 0 unspecified atom stereocenters. The molecular formula is C14H16N4O. The van der Waals surface area contributed by atoms with Crippen molar-refractivity contribution in [3.63, 3.8) is 0 Å². The van der Waals surface area contributed by atoms with E-state index in [1.54, 1.807) is 24.2 Å². The number of pyridine rings is 2. The third-order valence-corrected chi connectivity index (χ3v) is 2.78. The molecule has 1 amide bonds. The summed E-state index contributed by atoms with van der Waals surface area (Å²) in [5, 5.41) is 0. The van der Waals surface area contributed by atoms with Crippen LogP contribution in [0.3, 0.4) is 0 Å². The maximum absolute atomic E-state index is 12.3. The molecule has 0 atom stereocenters. The number of anilines is 1. The molecule has 0 aliphatic rings. The fraction of sp³-hybridized carbons (Fsp3) is 0.214. The predicted octanol–water partition coefficient (Wildman–Crippen LogP) is 1.64. The van der Waals surface area contributed by atoms with E-state index in [0.29, 0.717) is 17.8 Å². The summed E-state index contributed by atoms with van der Waals surface area (Å²) >= 11 is 0. The molecule has 19 heavy (non-hydrogen) atoms. The van der Waals surface area contributed by atoms with Crippen LogP contribution in [0.15, 0.2) is 36.7 Å². The third kappa shape index (κ3) is 3.07. The number of hydrogen-bond donors (Lipinski definition) is 1. The highest BCUT2D eigenvalue weighted by molar-refractivity contribution is 5.98. The van der Waals surface area contributed by atoms with Gasteiger partial charge < -0.3 is 10.6 Å². The van der Waals surface area contributed by atoms with Gasteiger partial charge in [-0.3, -0.25) is 14.8 Å². The Labute approximate surface area is 112 Å². The van der Waals surface area contributed by atoms with Crippen molar-refractivity contribution in [2.24, 2.45) is 0 Å². The summed E-state index contributed by atoms with van der Waals surface area (Å²) in [6, 6.07) is 7.30. The van der Waals surface area contributed by atoms with Crippen LogP contribution in [0.1, 0.15) is 21.7 Å². The van der Waals surface area contributed by atoms with Crippen LogP contribution in [-0.2, 0) is 6.54 Å². The van der Waals surface area contributed by atoms with Gasteiger partial charge in [-0.25, -0.2) is 0 Å². The average Bonchev–Trinajstić information content (AvgIpc) is 2.39. The molecule has 0 aromatic carbocycles. The zero-order valence-corrected chi connectivity index (χ0v) is 11.0. The first-order valence-corrected chi connectivity index (χ1v) is 5.95. The molecule has 0 aliphatic heterocycles. The van der Waals surface area contributed by atoms with Crippen molar-refractivity contribution in [3.05, 3.63) is 53.6 Å². The second-order valence-electron chi connectivity index (χ2n) is 4.40. The maximum atomic E-state index is 12.3. The molecule has 0 aliphatic carbocycles. The first kappa shape index (κ1) is 13.0. The highest BCUT2D eigenvalue weighted by Gasteiger charge is 2.15. The molecule has 0 saturated carbocycles. The lowest BCUT2D eigenvalue weighted by atomic mass is 10.2. The smallest absolute Gasteiger partial charge is 0.257 e. The van der Waals surface area contributed by atoms with Crippen LogP contribution in [0, 0.1) is 6.92 Å². The van der Waals surface area contributed by atoms with E-state index in [4.69, 9.17) is 5.73 Å². The quantitative estimate of drug-likeness (QED) is 0.906. The minimum Gasteiger partial charge on any atom is -0.398 e. The zero-order chi connectivity index (χ0) is 13.8. The fourth-order valence-electron chi connectivity index (χ4n) is 1.77. The summed E-state index contributed by atoms with van der Waals surface area (Å²) in [6.07, 6.45) is 3.22. The monoisotopic (exact) mass is 256 g/mol. The summed E-state index contributed by atoms with van der Waals surface area (Å²) in [6.45, 7) is 2.27. The van der Waals surface area contributed by atoms with Crippen LogP contribution in [0.4, 0.5) is 5.69 Å². The summed E-state index contributed by atoms with van der Waals surface area (Å²) in [7, 11) is 1.72. The fourth-order valence-corrected chi connectivity index (χ4v) is 1.77. The number of aromatic nitrogens is 2. The van der Waals surface area contributed by atoms with Crippen molar-refractivity contribution in [2.45, 2.75) is 13.5 Å². The van der Waals surface area contributed by atoms with E-state index in [1.165, 1.54) is 6.20 Å². The average molecular weight is 256 g/mol. The van der Waals surface area contributed by atoms with E-state index >= 15 is 0 Å². The molecule has 0 radical (unpaired) electrons. The van der Waals surface area contributed by atoms with Crippen molar-refractivity contribution in [1.82, 2.24) is 14.9 Å². The Hall–Kier alpha value is -2.43. The molecule has 0 saturated heterocycles. The van der Waals surface area contributed by atoms with Gasteiger partial charge in [0, 0.05) is 30.8 Å². The van der Waals surface area contributed by atoms with E-state index in [1.807, 2.05) is 25.1 Å². The number of nitrogen functional groups attached to an aromatic ring is 1. The molecule has 2 rings (SSSR count). The van der Waals surface area contributed by atoms with Gasteiger partial charge in [-0.2, -0.15) is 0 Å². The molecular weight excluding hydrogens is 240 g/mol. The number of carbonyl (C=O) groups excluding carboxylic acids is 1. The van der Waals surface area contributed by atoms with Gasteiger partial charge in [0.1, 0.15) is 0 Å². The Morgan fingerprint density at radius 1 is 1.37 bits per heavy atom. The molecule has 5 nitrogen and oxygen atoms in total. The normalized spacial score (nSPS) is 10.2. The highest BCUT2D eigenvalue weighted by Crippen LogP contribution is 2.14. The number of aryl methyl sites for hydroxylation is 1. The number of carbonyl (C=O) groups is 1. The first-order valence-electron chi connectivity index (χ1n) is 5.95. The van der Waals surface area contributed by atoms with Gasteiger partial charge in [-0.15, -0.1) is 0 Å². The number of nitrogens with zero attached hydrogens (tertiary/aromatic N) is 3. The third-order valence-electron chi connectivity index (χ3n) is 2.78. The SMILES string of the molecule is Cc1cc(N)c(C(=O)N(C)Cc2ccccn2)cn1. The van der Waals surface area contributed by atoms with E-state index in [9.17, 15) is 4.79 Å². The molecule has 0 spiro atoms. The van der Waals surface area contributed by atoms with Crippen molar-refractivity contribution >= 4 is 11.6 Å². The standard InChI is InChI=1S/C14H16N4O/c1-10-7-13(15)12(8-17-10)14(19)18(2)9-11-5-3-4-6-16-11/h3-8H,9H2,1-2H3,(H2,15,17). The number of hydrogen-bond acceptors (Lipinski definition) is 4. The lowest BCUT2D eigenvalue weighted by molar-refractivity contribution is 0.0784. The Morgan fingerprint density at radius 3 is 2.79 bits per heavy atom. The Morgan fingerprint density at radius 2 is 2.16 bits per heavy atom. The Bertz CT molecular complexity index is 583. The van der Waals surface area contributed by atoms with Crippen LogP contribution in [0.2, 0.25) is 0 Å². The van der Waals surface area contributed by atoms with Crippen LogP contribution in [-0.4, -0.2) is 27.8 Å². The topological polar surface area (TPSA) is 72.1 Å². The van der Waals surface area contributed by atoms with Gasteiger partial charge in [-0.05, 0) is 25.1 Å². The van der Waals surface area contributed by atoms with E-state index in [-0.39, 0.29) is 5.91 Å². The Balaban J connectivity index is 2.15. The van der Waals surface area contributed by atoms with Crippen LogP contribution < -0.4 is 5.73 Å². The van der Waals surface area contributed by atoms with Gasteiger partial charge in [0.05, 0.1) is 17.8 Å². The maximum Gasteiger partial charge on any atom is 0.257 e. The molecule has 0 bridgehead atoms. The largest absolute Gasteiger partial charge is 0.398 e. The van der Waals surface area contributed by atoms with Crippen LogP contribution >= 0.6 is 0 Å². The van der Waals surface area contributed by atoms with Crippen LogP contribution in [0.5, 0.6) is 0 Å². The van der Waals surface area contributed by atoms with Gasteiger partial charge in [0.25, 0.3) is 5.91 Å². The molecule has 98 valence electrons. The lowest BCUT2D eigenvalue weighted by Crippen LogP contribution is -2.27. The van der Waals surface area contributed by atoms with Crippen molar-refractivity contribution in [2.75, 3.05) is 12.8 Å². The van der Waals surface area contributed by atoms with Gasteiger partial charge >= 0.3 is 0 Å². The lowest BCUT2D eigenvalue weighted by Gasteiger charge is -2.17. The minimum atomic E-state index is -0.157. The summed E-state index contributed by atoms with van der Waals surface area (Å²) in [5.74, 6) is -0.157. The summed E-state index contributed by atoms with van der Waals surface area (Å²) in [4.78, 5) is 22.1. The molecule has 5 heteroatoms. The number of rotatable bonds is 3. The van der Waals surface area contributed by atoms with Crippen molar-refractivity contribution in [1.29, 1.82) is 0 Å². The van der Waals surface area contributed by atoms with E-state index in [2.05, 4.69) is 9.97 Å². The molecule has 2 aromatic heterocycles. The second-order valence-corrected chi connectivity index (χ2v) is 4.40. The first-order chi connectivity index (χ1) is 9.08. The van der Waals surface area contributed by atoms with Crippen LogP contribution in [0.25, 0.3) is 0 Å². The van der Waals surface area contributed by atoms with E-state index in [0.717, 1.165) is 11.4 Å². The minimum absolute atomic E-state index is 0.157. The second kappa shape index (κ2) is 5.48. The molecule has 2 aromatic rings. The van der Waals surface area contributed by atoms with Crippen molar-refractivity contribution in [3.8, 4) is 0 Å². The predicted molar refractivity (Wildman–Crippen MR) is 73.4 cm³/mol. The van der Waals surface area contributed by atoms with Gasteiger partial charge in [-0.1, -0.05) is 6.07 Å². The molecule has 0 fully saturated rings. The summed E-state index contributed by atoms with van der Waals surface area (Å²) < 4.78 is 0. The highest BCUT2D eigenvalue weighted by atomic mass is 16.2. The molecule has 2 heterocycles.